The quantitative estimate of drug-likeness (QED) is 0.405. The van der Waals surface area contributed by atoms with Gasteiger partial charge < -0.3 is 0 Å². The molecule has 2 aromatic heterocycles. The highest BCUT2D eigenvalue weighted by Gasteiger charge is 2.33. The first-order valence-corrected chi connectivity index (χ1v) is 11.4. The average molecular weight is 501 g/mol. The van der Waals surface area contributed by atoms with Crippen LogP contribution in [-0.2, 0) is 5.41 Å². The van der Waals surface area contributed by atoms with E-state index in [4.69, 9.17) is 23.2 Å². The topological polar surface area (TPSA) is 97.7 Å². The summed E-state index contributed by atoms with van der Waals surface area (Å²) < 4.78 is 1.00. The lowest BCUT2D eigenvalue weighted by Crippen LogP contribution is -2.30. The minimum atomic E-state index is -0.735. The van der Waals surface area contributed by atoms with Crippen molar-refractivity contribution < 1.29 is 4.79 Å². The molecule has 2 heterocycles. The number of carbonyl (C=O) groups is 1. The fourth-order valence-electron chi connectivity index (χ4n) is 3.52. The van der Waals surface area contributed by atoms with Gasteiger partial charge in [-0.25, -0.2) is 9.78 Å². The van der Waals surface area contributed by atoms with Gasteiger partial charge in [0.2, 0.25) is 5.78 Å². The van der Waals surface area contributed by atoms with E-state index in [0.29, 0.717) is 42.4 Å². The van der Waals surface area contributed by atoms with Gasteiger partial charge in [0.15, 0.2) is 0 Å². The third-order valence-corrected chi connectivity index (χ3v) is 7.26. The molecule has 2 aromatic carbocycles. The molecule has 0 radical (unpaired) electrons. The van der Waals surface area contributed by atoms with E-state index in [1.54, 1.807) is 31.2 Å². The average Bonchev–Trinajstić information content (AvgIpc) is 3.15. The molecule has 10 heteroatoms. The molecule has 0 atom stereocenters. The maximum atomic E-state index is 13.0. The van der Waals surface area contributed by atoms with Gasteiger partial charge in [-0.15, -0.1) is 11.3 Å². The Morgan fingerprint density at radius 3 is 2.33 bits per heavy atom. The van der Waals surface area contributed by atoms with Crippen molar-refractivity contribution in [1.29, 1.82) is 0 Å². The van der Waals surface area contributed by atoms with Crippen molar-refractivity contribution in [1.82, 2.24) is 19.7 Å². The standard InChI is InChI=1S/C23H18Cl2N4O3S/c1-12-20(19(31)13-7-5-4-6-8-13)33-21(27-12)23(2,3)18-15(24)9-14(10-16(18)25)29-22(32)28-17(30)11-26-29/h4-11H,1-3H3,(H,28,30,32). The number of ketones is 1. The van der Waals surface area contributed by atoms with Gasteiger partial charge in [-0.3, -0.25) is 14.6 Å². The Balaban J connectivity index is 1.77. The van der Waals surface area contributed by atoms with Crippen LogP contribution in [-0.4, -0.2) is 25.5 Å². The maximum absolute atomic E-state index is 13.0. The SMILES string of the molecule is Cc1nc(C(C)(C)c2c(Cl)cc(-n3ncc(=O)[nH]c3=O)cc2Cl)sc1C(=O)c1ccccc1. The van der Waals surface area contributed by atoms with E-state index in [-0.39, 0.29) is 5.78 Å². The number of thiazole rings is 1. The summed E-state index contributed by atoms with van der Waals surface area (Å²) in [5.41, 5.74) is 0.0754. The van der Waals surface area contributed by atoms with Crippen molar-refractivity contribution in [2.75, 3.05) is 0 Å². The Bertz CT molecular complexity index is 1470. The number of rotatable bonds is 5. The second kappa shape index (κ2) is 8.70. The molecule has 4 rings (SSSR count). The van der Waals surface area contributed by atoms with Crippen LogP contribution in [0.3, 0.4) is 0 Å². The molecule has 0 aliphatic rings. The molecule has 0 saturated heterocycles. The number of benzene rings is 2. The number of halogens is 2. The summed E-state index contributed by atoms with van der Waals surface area (Å²) in [5.74, 6) is -0.0938. The molecular weight excluding hydrogens is 483 g/mol. The summed E-state index contributed by atoms with van der Waals surface area (Å²) in [6.07, 6.45) is 0.991. The van der Waals surface area contributed by atoms with Gasteiger partial charge in [0.05, 0.1) is 16.3 Å². The van der Waals surface area contributed by atoms with Gasteiger partial charge in [0, 0.05) is 26.6 Å². The Labute approximate surface area is 202 Å². The fourth-order valence-corrected chi connectivity index (χ4v) is 5.60. The molecule has 0 saturated carbocycles. The molecule has 0 unspecified atom stereocenters. The van der Waals surface area contributed by atoms with Crippen molar-refractivity contribution in [2.24, 2.45) is 0 Å². The highest BCUT2D eigenvalue weighted by atomic mass is 35.5. The van der Waals surface area contributed by atoms with Gasteiger partial charge in [-0.05, 0) is 32.9 Å². The first-order valence-electron chi connectivity index (χ1n) is 9.86. The van der Waals surface area contributed by atoms with Crippen LogP contribution in [0, 0.1) is 6.92 Å². The zero-order chi connectivity index (χ0) is 23.9. The second-order valence-corrected chi connectivity index (χ2v) is 9.70. The Morgan fingerprint density at radius 1 is 1.09 bits per heavy atom. The summed E-state index contributed by atoms with van der Waals surface area (Å²) in [5, 5.41) is 5.11. The minimum Gasteiger partial charge on any atom is -0.288 e. The van der Waals surface area contributed by atoms with Crippen LogP contribution in [0.4, 0.5) is 0 Å². The van der Waals surface area contributed by atoms with Crippen LogP contribution in [0.15, 0.2) is 58.3 Å². The van der Waals surface area contributed by atoms with Crippen LogP contribution in [0.25, 0.3) is 5.69 Å². The van der Waals surface area contributed by atoms with Crippen molar-refractivity contribution in [3.8, 4) is 5.69 Å². The molecule has 4 aromatic rings. The summed E-state index contributed by atoms with van der Waals surface area (Å²) >= 11 is 14.5. The molecule has 0 amide bonds. The normalized spacial score (nSPS) is 11.5. The van der Waals surface area contributed by atoms with Crippen molar-refractivity contribution >= 4 is 40.3 Å². The first-order chi connectivity index (χ1) is 15.6. The number of aromatic amines is 1. The summed E-state index contributed by atoms with van der Waals surface area (Å²) in [6, 6.07) is 12.1. The first kappa shape index (κ1) is 23.1. The van der Waals surface area contributed by atoms with E-state index in [9.17, 15) is 14.4 Å². The van der Waals surface area contributed by atoms with E-state index in [2.05, 4.69) is 15.1 Å². The highest BCUT2D eigenvalue weighted by molar-refractivity contribution is 7.14. The number of carbonyl (C=O) groups excluding carboxylic acids is 1. The number of hydrogen-bond donors (Lipinski definition) is 1. The number of nitrogens with zero attached hydrogens (tertiary/aromatic N) is 3. The number of H-pyrrole nitrogens is 1. The molecule has 7 nitrogen and oxygen atoms in total. The molecule has 1 N–H and O–H groups in total. The van der Waals surface area contributed by atoms with Crippen molar-refractivity contribution in [2.45, 2.75) is 26.2 Å². The Hall–Kier alpha value is -3.07. The van der Waals surface area contributed by atoms with Crippen molar-refractivity contribution in [3.05, 3.63) is 106 Å². The van der Waals surface area contributed by atoms with E-state index in [1.165, 1.54) is 11.3 Å². The van der Waals surface area contributed by atoms with Gasteiger partial charge in [-0.1, -0.05) is 53.5 Å². The lowest BCUT2D eigenvalue weighted by Gasteiger charge is -2.25. The second-order valence-electron chi connectivity index (χ2n) is 7.89. The molecule has 0 spiro atoms. The monoisotopic (exact) mass is 500 g/mol. The summed E-state index contributed by atoms with van der Waals surface area (Å²) in [7, 11) is 0. The van der Waals surface area contributed by atoms with E-state index >= 15 is 0 Å². The summed E-state index contributed by atoms with van der Waals surface area (Å²) in [6.45, 7) is 5.63. The molecule has 168 valence electrons. The third-order valence-electron chi connectivity index (χ3n) is 5.18. The zero-order valence-corrected chi connectivity index (χ0v) is 20.2. The lowest BCUT2D eigenvalue weighted by molar-refractivity contribution is 0.104. The lowest BCUT2D eigenvalue weighted by atomic mass is 9.85. The number of aryl methyl sites for hydroxylation is 1. The molecule has 0 aliphatic carbocycles. The largest absolute Gasteiger partial charge is 0.349 e. The van der Waals surface area contributed by atoms with E-state index < -0.39 is 16.7 Å². The molecule has 0 bridgehead atoms. The van der Waals surface area contributed by atoms with E-state index in [1.807, 2.05) is 32.0 Å². The maximum Gasteiger partial charge on any atom is 0.349 e. The number of aromatic nitrogens is 4. The van der Waals surface area contributed by atoms with Gasteiger partial charge in [-0.2, -0.15) is 9.78 Å². The van der Waals surface area contributed by atoms with E-state index in [0.717, 1.165) is 10.9 Å². The molecule has 33 heavy (non-hydrogen) atoms. The smallest absolute Gasteiger partial charge is 0.288 e. The van der Waals surface area contributed by atoms with Crippen LogP contribution in [0.1, 0.15) is 45.3 Å². The predicted molar refractivity (Wildman–Crippen MR) is 129 cm³/mol. The van der Waals surface area contributed by atoms with Crippen LogP contribution in [0.2, 0.25) is 10.0 Å². The van der Waals surface area contributed by atoms with Gasteiger partial charge >= 0.3 is 5.69 Å². The third kappa shape index (κ3) is 4.29. The van der Waals surface area contributed by atoms with Crippen molar-refractivity contribution in [3.63, 3.8) is 0 Å². The van der Waals surface area contributed by atoms with Crippen LogP contribution < -0.4 is 11.2 Å². The van der Waals surface area contributed by atoms with Gasteiger partial charge in [0.25, 0.3) is 5.56 Å². The fraction of sp³-hybridized carbons (Fsp3) is 0.174. The number of nitrogens with one attached hydrogen (secondary N) is 1. The number of hydrogen-bond acceptors (Lipinski definition) is 6. The zero-order valence-electron chi connectivity index (χ0n) is 17.8. The summed E-state index contributed by atoms with van der Waals surface area (Å²) in [4.78, 5) is 43.8. The molecular formula is C23H18Cl2N4O3S. The van der Waals surface area contributed by atoms with Crippen LogP contribution in [0.5, 0.6) is 0 Å². The predicted octanol–water partition coefficient (Wildman–Crippen LogP) is 4.55. The Morgan fingerprint density at radius 2 is 1.73 bits per heavy atom. The minimum absolute atomic E-state index is 0.0938. The van der Waals surface area contributed by atoms with Gasteiger partial charge in [0.1, 0.15) is 11.2 Å². The molecule has 0 aliphatic heterocycles. The van der Waals surface area contributed by atoms with Crippen LogP contribution >= 0.6 is 34.5 Å². The molecule has 0 fully saturated rings. The Kier molecular flexibility index (Phi) is 6.09. The highest BCUT2D eigenvalue weighted by Crippen LogP contribution is 2.43.